The summed E-state index contributed by atoms with van der Waals surface area (Å²) in [5.74, 6) is -0.635. The van der Waals surface area contributed by atoms with Crippen molar-refractivity contribution in [2.45, 2.75) is 6.92 Å². The molecule has 98 valence electrons. The monoisotopic (exact) mass is 325 g/mol. The van der Waals surface area contributed by atoms with Crippen LogP contribution in [0.1, 0.15) is 5.56 Å². The summed E-state index contributed by atoms with van der Waals surface area (Å²) in [6.45, 7) is 1.77. The molecule has 0 amide bonds. The molecule has 0 saturated carbocycles. The number of rotatable bonds is 3. The Labute approximate surface area is 117 Å². The minimum Gasteiger partial charge on any atom is -0.447 e. The van der Waals surface area contributed by atoms with E-state index in [1.165, 1.54) is 30.3 Å². The third-order valence-corrected chi connectivity index (χ3v) is 2.92. The second-order valence-electron chi connectivity index (χ2n) is 3.91. The molecule has 0 aromatic heterocycles. The summed E-state index contributed by atoms with van der Waals surface area (Å²) in [4.78, 5) is 10.3. The van der Waals surface area contributed by atoms with Gasteiger partial charge in [-0.15, -0.1) is 0 Å². The molecule has 19 heavy (non-hydrogen) atoms. The van der Waals surface area contributed by atoms with Gasteiger partial charge in [-0.1, -0.05) is 22.0 Å². The van der Waals surface area contributed by atoms with Gasteiger partial charge in [0, 0.05) is 10.5 Å². The van der Waals surface area contributed by atoms with Crippen molar-refractivity contribution >= 4 is 21.6 Å². The van der Waals surface area contributed by atoms with E-state index in [0.29, 0.717) is 4.47 Å². The lowest BCUT2D eigenvalue weighted by Crippen LogP contribution is -1.95. The lowest BCUT2D eigenvalue weighted by molar-refractivity contribution is -0.385. The molecule has 2 aromatic rings. The second-order valence-corrected chi connectivity index (χ2v) is 4.82. The number of hydrogen-bond acceptors (Lipinski definition) is 3. The molecule has 2 aromatic carbocycles. The van der Waals surface area contributed by atoms with Gasteiger partial charge >= 0.3 is 5.69 Å². The SMILES string of the molecule is Cc1ccc([N+](=O)[O-])c(Oc2cc(Br)ccc2F)c1. The van der Waals surface area contributed by atoms with Gasteiger partial charge in [0.1, 0.15) is 0 Å². The number of nitrogens with zero attached hydrogens (tertiary/aromatic N) is 1. The lowest BCUT2D eigenvalue weighted by atomic mass is 10.2. The topological polar surface area (TPSA) is 52.4 Å². The standard InChI is InChI=1S/C13H9BrFNO3/c1-8-2-5-11(16(17)18)13(6-8)19-12-7-9(14)3-4-10(12)15/h2-7H,1H3. The average molecular weight is 326 g/mol. The van der Waals surface area contributed by atoms with Crippen molar-refractivity contribution in [2.75, 3.05) is 0 Å². The minimum absolute atomic E-state index is 0.0157. The quantitative estimate of drug-likeness (QED) is 0.612. The molecule has 0 atom stereocenters. The third-order valence-electron chi connectivity index (χ3n) is 2.43. The van der Waals surface area contributed by atoms with Crippen molar-refractivity contribution in [3.63, 3.8) is 0 Å². The van der Waals surface area contributed by atoms with Crippen LogP contribution in [0.15, 0.2) is 40.9 Å². The van der Waals surface area contributed by atoms with Crippen molar-refractivity contribution in [3.05, 3.63) is 62.4 Å². The summed E-state index contributed by atoms with van der Waals surface area (Å²) < 4.78 is 19.5. The molecule has 2 rings (SSSR count). The van der Waals surface area contributed by atoms with Crippen LogP contribution in [0.5, 0.6) is 11.5 Å². The Balaban J connectivity index is 2.45. The first kappa shape index (κ1) is 13.5. The molecule has 0 spiro atoms. The van der Waals surface area contributed by atoms with Crippen molar-refractivity contribution in [1.29, 1.82) is 0 Å². The van der Waals surface area contributed by atoms with E-state index >= 15 is 0 Å². The fourth-order valence-corrected chi connectivity index (χ4v) is 1.87. The fourth-order valence-electron chi connectivity index (χ4n) is 1.53. The predicted molar refractivity (Wildman–Crippen MR) is 72.0 cm³/mol. The Morgan fingerprint density at radius 2 is 1.95 bits per heavy atom. The zero-order valence-corrected chi connectivity index (χ0v) is 11.5. The number of nitro benzene ring substituents is 1. The predicted octanol–water partition coefficient (Wildman–Crippen LogP) is 4.60. The molecule has 0 heterocycles. The van der Waals surface area contributed by atoms with Gasteiger partial charge in [-0.2, -0.15) is 0 Å². The van der Waals surface area contributed by atoms with Crippen molar-refractivity contribution in [2.24, 2.45) is 0 Å². The molecule has 0 aliphatic rings. The van der Waals surface area contributed by atoms with Crippen LogP contribution in [0.3, 0.4) is 0 Å². The Bertz CT molecular complexity index is 646. The van der Waals surface area contributed by atoms with Crippen LogP contribution in [-0.4, -0.2) is 4.92 Å². The molecule has 0 N–H and O–H groups in total. The van der Waals surface area contributed by atoms with Crippen molar-refractivity contribution < 1.29 is 14.1 Å². The highest BCUT2D eigenvalue weighted by molar-refractivity contribution is 9.10. The van der Waals surface area contributed by atoms with Crippen molar-refractivity contribution in [1.82, 2.24) is 0 Å². The van der Waals surface area contributed by atoms with Gasteiger partial charge in [-0.3, -0.25) is 10.1 Å². The Hall–Kier alpha value is -1.95. The molecule has 0 unspecified atom stereocenters. The molecule has 0 aliphatic heterocycles. The lowest BCUT2D eigenvalue weighted by Gasteiger charge is -2.08. The van der Waals surface area contributed by atoms with E-state index in [1.54, 1.807) is 13.0 Å². The van der Waals surface area contributed by atoms with Gasteiger partial charge in [0.25, 0.3) is 0 Å². The zero-order chi connectivity index (χ0) is 14.0. The molecule has 0 radical (unpaired) electrons. The molecule has 6 heteroatoms. The molecule has 4 nitrogen and oxygen atoms in total. The van der Waals surface area contributed by atoms with E-state index in [1.807, 2.05) is 0 Å². The van der Waals surface area contributed by atoms with E-state index in [9.17, 15) is 14.5 Å². The van der Waals surface area contributed by atoms with Gasteiger partial charge in [0.05, 0.1) is 4.92 Å². The maximum absolute atomic E-state index is 13.6. The van der Waals surface area contributed by atoms with Crippen LogP contribution in [-0.2, 0) is 0 Å². The first-order valence-corrected chi connectivity index (χ1v) is 6.14. The first-order valence-electron chi connectivity index (χ1n) is 5.35. The highest BCUT2D eigenvalue weighted by atomic mass is 79.9. The molecule has 0 aliphatic carbocycles. The van der Waals surface area contributed by atoms with E-state index in [4.69, 9.17) is 4.74 Å². The third kappa shape index (κ3) is 3.08. The largest absolute Gasteiger partial charge is 0.447 e. The van der Waals surface area contributed by atoms with Gasteiger partial charge < -0.3 is 4.74 Å². The molecular formula is C13H9BrFNO3. The molecule has 0 bridgehead atoms. The average Bonchev–Trinajstić information content (AvgIpc) is 2.33. The summed E-state index contributed by atoms with van der Waals surface area (Å²) in [5.41, 5.74) is 0.584. The van der Waals surface area contributed by atoms with Crippen LogP contribution >= 0.6 is 15.9 Å². The highest BCUT2D eigenvalue weighted by Gasteiger charge is 2.17. The van der Waals surface area contributed by atoms with E-state index in [2.05, 4.69) is 15.9 Å². The molecule has 0 saturated heterocycles. The summed E-state index contributed by atoms with van der Waals surface area (Å²) in [7, 11) is 0. The maximum Gasteiger partial charge on any atom is 0.311 e. The number of hydrogen-bond donors (Lipinski definition) is 0. The molecule has 0 fully saturated rings. The van der Waals surface area contributed by atoms with E-state index < -0.39 is 10.7 Å². The highest BCUT2D eigenvalue weighted by Crippen LogP contribution is 2.34. The van der Waals surface area contributed by atoms with Crippen LogP contribution in [0.4, 0.5) is 10.1 Å². The van der Waals surface area contributed by atoms with E-state index in [0.717, 1.165) is 5.56 Å². The number of halogens is 2. The van der Waals surface area contributed by atoms with Gasteiger partial charge in [0.2, 0.25) is 5.75 Å². The number of aryl methyl sites for hydroxylation is 1. The van der Waals surface area contributed by atoms with Crippen LogP contribution in [0.25, 0.3) is 0 Å². The van der Waals surface area contributed by atoms with Gasteiger partial charge in [0.15, 0.2) is 11.6 Å². The van der Waals surface area contributed by atoms with Gasteiger partial charge in [-0.25, -0.2) is 4.39 Å². The number of ether oxygens (including phenoxy) is 1. The van der Waals surface area contributed by atoms with Gasteiger partial charge in [-0.05, 0) is 36.8 Å². The van der Waals surface area contributed by atoms with Crippen LogP contribution in [0, 0.1) is 22.9 Å². The van der Waals surface area contributed by atoms with E-state index in [-0.39, 0.29) is 17.2 Å². The van der Waals surface area contributed by atoms with Crippen LogP contribution in [0.2, 0.25) is 0 Å². The number of nitro groups is 1. The fraction of sp³-hybridized carbons (Fsp3) is 0.0769. The Morgan fingerprint density at radius 3 is 2.63 bits per heavy atom. The summed E-state index contributed by atoms with van der Waals surface area (Å²) >= 11 is 3.19. The summed E-state index contributed by atoms with van der Waals surface area (Å²) in [6.07, 6.45) is 0. The van der Waals surface area contributed by atoms with Crippen molar-refractivity contribution in [3.8, 4) is 11.5 Å². The normalized spacial score (nSPS) is 10.3. The summed E-state index contributed by atoms with van der Waals surface area (Å²) in [6, 6.07) is 8.59. The van der Waals surface area contributed by atoms with Crippen LogP contribution < -0.4 is 4.74 Å². The Kier molecular flexibility index (Phi) is 3.80. The Morgan fingerprint density at radius 1 is 1.21 bits per heavy atom. The minimum atomic E-state index is -0.584. The zero-order valence-electron chi connectivity index (χ0n) is 9.89. The summed E-state index contributed by atoms with van der Waals surface area (Å²) in [5, 5.41) is 10.9. The smallest absolute Gasteiger partial charge is 0.311 e. The second kappa shape index (κ2) is 5.36. The number of benzene rings is 2. The maximum atomic E-state index is 13.6. The molecular weight excluding hydrogens is 317 g/mol. The first-order chi connectivity index (χ1) is 8.97.